The molecule has 0 saturated heterocycles. The molecule has 1 rings (SSSR count). The molecular formula is C8H9NO5S. The summed E-state index contributed by atoms with van der Waals surface area (Å²) in [6, 6.07) is 0.986. The maximum Gasteiger partial charge on any atom is 0.343 e. The van der Waals surface area contributed by atoms with Gasteiger partial charge in [0.2, 0.25) is 0 Å². The van der Waals surface area contributed by atoms with E-state index in [0.717, 1.165) is 25.6 Å². The Morgan fingerprint density at radius 2 is 2.07 bits per heavy atom. The van der Waals surface area contributed by atoms with Crippen LogP contribution in [0.15, 0.2) is 22.0 Å². The smallest absolute Gasteiger partial charge is 0.343 e. The maximum absolute atomic E-state index is 11.1. The number of hydrogen-bond donors (Lipinski definition) is 1. The second-order valence-corrected chi connectivity index (χ2v) is 4.86. The number of aromatic nitrogens is 1. The minimum absolute atomic E-state index is 0.137. The van der Waals surface area contributed by atoms with Crippen LogP contribution in [0.5, 0.6) is 0 Å². The van der Waals surface area contributed by atoms with Crippen LogP contribution in [0.25, 0.3) is 0 Å². The van der Waals surface area contributed by atoms with Crippen molar-refractivity contribution >= 4 is 15.8 Å². The van der Waals surface area contributed by atoms with Gasteiger partial charge in [0.05, 0.1) is 12.0 Å². The predicted molar refractivity (Wildman–Crippen MR) is 51.5 cm³/mol. The van der Waals surface area contributed by atoms with E-state index < -0.39 is 21.4 Å². The predicted octanol–water partition coefficient (Wildman–Crippen LogP) is -0.435. The normalized spacial score (nSPS) is 11.1. The van der Waals surface area contributed by atoms with Gasteiger partial charge in [-0.2, -0.15) is 0 Å². The Morgan fingerprint density at radius 3 is 2.53 bits per heavy atom. The van der Waals surface area contributed by atoms with Gasteiger partial charge in [-0.3, -0.25) is 4.79 Å². The van der Waals surface area contributed by atoms with E-state index in [1.807, 2.05) is 0 Å². The molecule has 0 amide bonds. The van der Waals surface area contributed by atoms with Crippen molar-refractivity contribution in [2.24, 2.45) is 0 Å². The average molecular weight is 231 g/mol. The first-order valence-corrected chi connectivity index (χ1v) is 5.76. The van der Waals surface area contributed by atoms with Crippen LogP contribution in [0.1, 0.15) is 10.4 Å². The highest BCUT2D eigenvalue weighted by molar-refractivity contribution is 7.90. The first-order chi connectivity index (χ1) is 6.86. The third-order valence-corrected chi connectivity index (χ3v) is 2.80. The van der Waals surface area contributed by atoms with Gasteiger partial charge in [0.15, 0.2) is 9.84 Å². The van der Waals surface area contributed by atoms with Crippen LogP contribution in [0.3, 0.4) is 0 Å². The molecule has 0 aromatic carbocycles. The number of hydrogen-bond acceptors (Lipinski definition) is 5. The van der Waals surface area contributed by atoms with Crippen molar-refractivity contribution in [3.05, 3.63) is 28.2 Å². The first-order valence-electron chi connectivity index (χ1n) is 3.87. The van der Waals surface area contributed by atoms with E-state index in [1.165, 1.54) is 0 Å². The van der Waals surface area contributed by atoms with Crippen LogP contribution in [-0.2, 0) is 14.6 Å². The molecule has 1 aromatic heterocycles. The lowest BCUT2D eigenvalue weighted by Gasteiger charge is -2.00. The van der Waals surface area contributed by atoms with Gasteiger partial charge in [-0.1, -0.05) is 0 Å². The molecule has 82 valence electrons. The summed E-state index contributed by atoms with van der Waals surface area (Å²) in [5.74, 6) is -0.873. The molecule has 0 saturated carbocycles. The van der Waals surface area contributed by atoms with Crippen LogP contribution in [0, 0.1) is 0 Å². The Morgan fingerprint density at radius 1 is 1.47 bits per heavy atom. The number of aromatic amines is 1. The van der Waals surface area contributed by atoms with Crippen LogP contribution in [0.2, 0.25) is 0 Å². The highest BCUT2D eigenvalue weighted by Gasteiger charge is 2.15. The number of H-pyrrole nitrogens is 1. The molecule has 0 aliphatic rings. The van der Waals surface area contributed by atoms with Crippen LogP contribution in [-0.4, -0.2) is 32.7 Å². The standard InChI is InChI=1S/C8H9NO5S/c1-14-8(11)6-3-5(15(2,12)13)4-9-7(6)10/h3-4H,1-2H3,(H,9,10). The Bertz CT molecular complexity index is 542. The quantitative estimate of drug-likeness (QED) is 0.697. The Labute approximate surface area is 85.8 Å². The number of nitrogens with one attached hydrogen (secondary N) is 1. The van der Waals surface area contributed by atoms with E-state index in [9.17, 15) is 18.0 Å². The minimum atomic E-state index is -3.46. The van der Waals surface area contributed by atoms with E-state index in [0.29, 0.717) is 0 Å². The van der Waals surface area contributed by atoms with Crippen molar-refractivity contribution in [2.75, 3.05) is 13.4 Å². The van der Waals surface area contributed by atoms with Gasteiger partial charge in [-0.25, -0.2) is 13.2 Å². The van der Waals surface area contributed by atoms with E-state index >= 15 is 0 Å². The van der Waals surface area contributed by atoms with Crippen molar-refractivity contribution in [2.45, 2.75) is 4.90 Å². The number of rotatable bonds is 2. The fourth-order valence-electron chi connectivity index (χ4n) is 0.940. The largest absolute Gasteiger partial charge is 0.465 e. The zero-order valence-corrected chi connectivity index (χ0v) is 8.92. The molecule has 6 nitrogen and oxygen atoms in total. The van der Waals surface area contributed by atoms with Gasteiger partial charge in [-0.05, 0) is 6.07 Å². The van der Waals surface area contributed by atoms with Gasteiger partial charge in [-0.15, -0.1) is 0 Å². The molecule has 1 heterocycles. The van der Waals surface area contributed by atoms with E-state index in [2.05, 4.69) is 9.72 Å². The summed E-state index contributed by atoms with van der Waals surface area (Å²) in [6.07, 6.45) is 2.01. The molecule has 7 heteroatoms. The lowest BCUT2D eigenvalue weighted by atomic mass is 10.3. The monoisotopic (exact) mass is 231 g/mol. The zero-order valence-electron chi connectivity index (χ0n) is 8.10. The molecule has 0 radical (unpaired) electrons. The molecule has 0 spiro atoms. The molecule has 0 aliphatic carbocycles. The van der Waals surface area contributed by atoms with Crippen molar-refractivity contribution in [1.29, 1.82) is 0 Å². The van der Waals surface area contributed by atoms with Crippen molar-refractivity contribution in [3.63, 3.8) is 0 Å². The molecule has 0 atom stereocenters. The summed E-state index contributed by atoms with van der Waals surface area (Å²) in [5.41, 5.74) is -1.02. The van der Waals surface area contributed by atoms with E-state index in [4.69, 9.17) is 0 Å². The van der Waals surface area contributed by atoms with Crippen LogP contribution < -0.4 is 5.56 Å². The third-order valence-electron chi connectivity index (χ3n) is 1.71. The van der Waals surface area contributed by atoms with E-state index in [1.54, 1.807) is 0 Å². The molecule has 15 heavy (non-hydrogen) atoms. The number of pyridine rings is 1. The second-order valence-electron chi connectivity index (χ2n) is 2.84. The lowest BCUT2D eigenvalue weighted by Crippen LogP contribution is -2.19. The molecule has 0 bridgehead atoms. The van der Waals surface area contributed by atoms with Crippen molar-refractivity contribution in [3.8, 4) is 0 Å². The summed E-state index contributed by atoms with van der Waals surface area (Å²) in [7, 11) is -2.36. The summed E-state index contributed by atoms with van der Waals surface area (Å²) in [6.45, 7) is 0. The molecule has 0 unspecified atom stereocenters. The topological polar surface area (TPSA) is 93.3 Å². The van der Waals surface area contributed by atoms with Gasteiger partial charge < -0.3 is 9.72 Å². The van der Waals surface area contributed by atoms with E-state index in [-0.39, 0.29) is 10.5 Å². The Kier molecular flexibility index (Phi) is 2.94. The summed E-state index contributed by atoms with van der Waals surface area (Å²) in [5, 5.41) is 0. The zero-order chi connectivity index (χ0) is 11.6. The number of carbonyl (C=O) groups excluding carboxylic acids is 1. The van der Waals surface area contributed by atoms with Crippen molar-refractivity contribution < 1.29 is 17.9 Å². The first kappa shape index (κ1) is 11.4. The summed E-state index contributed by atoms with van der Waals surface area (Å²) < 4.78 is 26.6. The number of methoxy groups -OCH3 is 1. The average Bonchev–Trinajstić information content (AvgIpc) is 2.15. The molecule has 0 fully saturated rings. The van der Waals surface area contributed by atoms with Gasteiger partial charge >= 0.3 is 5.97 Å². The van der Waals surface area contributed by atoms with Crippen LogP contribution in [0.4, 0.5) is 0 Å². The van der Waals surface area contributed by atoms with Gasteiger partial charge in [0.25, 0.3) is 5.56 Å². The highest BCUT2D eigenvalue weighted by Crippen LogP contribution is 2.07. The summed E-state index contributed by atoms with van der Waals surface area (Å²) in [4.78, 5) is 24.2. The lowest BCUT2D eigenvalue weighted by molar-refractivity contribution is 0.0598. The fraction of sp³-hybridized carbons (Fsp3) is 0.250. The number of carbonyl (C=O) groups is 1. The minimum Gasteiger partial charge on any atom is -0.465 e. The Hall–Kier alpha value is -1.63. The highest BCUT2D eigenvalue weighted by atomic mass is 32.2. The number of esters is 1. The SMILES string of the molecule is COC(=O)c1cc(S(C)(=O)=O)c[nH]c1=O. The number of ether oxygens (including phenoxy) is 1. The maximum atomic E-state index is 11.1. The number of sulfone groups is 1. The third kappa shape index (κ3) is 2.44. The van der Waals surface area contributed by atoms with Gasteiger partial charge in [0.1, 0.15) is 5.56 Å². The molecular weight excluding hydrogens is 222 g/mol. The fourth-order valence-corrected chi connectivity index (χ4v) is 1.54. The van der Waals surface area contributed by atoms with Crippen LogP contribution >= 0.6 is 0 Å². The Balaban J connectivity index is 3.42. The molecule has 0 aliphatic heterocycles. The molecule has 1 N–H and O–H groups in total. The van der Waals surface area contributed by atoms with Gasteiger partial charge in [0, 0.05) is 12.5 Å². The second kappa shape index (κ2) is 3.85. The molecule has 1 aromatic rings. The summed E-state index contributed by atoms with van der Waals surface area (Å²) >= 11 is 0. The van der Waals surface area contributed by atoms with Crippen molar-refractivity contribution in [1.82, 2.24) is 4.98 Å².